The van der Waals surface area contributed by atoms with Gasteiger partial charge in [-0.3, -0.25) is 14.2 Å². The summed E-state index contributed by atoms with van der Waals surface area (Å²) in [5.41, 5.74) is 3.81. The molecule has 0 saturated carbocycles. The lowest BCUT2D eigenvalue weighted by molar-refractivity contribution is -0.121. The van der Waals surface area contributed by atoms with E-state index in [0.717, 1.165) is 28.1 Å². The number of nitrogens with one attached hydrogen (secondary N) is 2. The molecule has 2 heterocycles. The maximum Gasteiger partial charge on any atom is 0.294 e. The first kappa shape index (κ1) is 40.5. The lowest BCUT2D eigenvalue weighted by atomic mass is 10.0. The molecule has 8 rings (SSSR count). The largest absolute Gasteiger partial charge is 0.474 e. The van der Waals surface area contributed by atoms with Crippen molar-refractivity contribution in [2.24, 2.45) is 5.10 Å². The molecule has 1 aromatic heterocycles. The normalized spacial score (nSPS) is 14.9. The number of tetrazole rings is 1. The number of carbonyl (C=O) groups is 1. The molecule has 7 aromatic rings. The molecule has 1 aliphatic rings. The third-order valence-electron chi connectivity index (χ3n) is 9.45. The molecular formula is C42H35ClN8O6S3. The number of benzene rings is 6. The first-order valence-corrected chi connectivity index (χ1v) is 23.0. The summed E-state index contributed by atoms with van der Waals surface area (Å²) < 4.78 is 65.9. The van der Waals surface area contributed by atoms with Gasteiger partial charge in [0, 0.05) is 32.2 Å². The van der Waals surface area contributed by atoms with Crippen LogP contribution in [-0.2, 0) is 24.8 Å². The van der Waals surface area contributed by atoms with E-state index in [1.165, 1.54) is 30.0 Å². The number of sulfonamides is 2. The van der Waals surface area contributed by atoms with Crippen LogP contribution in [-0.4, -0.2) is 61.0 Å². The highest BCUT2D eigenvalue weighted by molar-refractivity contribution is 7.99. The van der Waals surface area contributed by atoms with Crippen LogP contribution in [0, 0.1) is 6.92 Å². The second kappa shape index (κ2) is 16.4. The van der Waals surface area contributed by atoms with Gasteiger partial charge in [-0.15, -0.1) is 5.10 Å². The van der Waals surface area contributed by atoms with E-state index in [0.29, 0.717) is 26.9 Å². The van der Waals surface area contributed by atoms with Gasteiger partial charge in [0.1, 0.15) is 11.5 Å². The molecule has 6 aromatic carbocycles. The topological polar surface area (TPSA) is 178 Å². The van der Waals surface area contributed by atoms with Crippen LogP contribution in [0.3, 0.4) is 0 Å². The van der Waals surface area contributed by atoms with Crippen LogP contribution in [0.1, 0.15) is 28.9 Å². The van der Waals surface area contributed by atoms with Crippen LogP contribution >= 0.6 is 23.4 Å². The van der Waals surface area contributed by atoms with Gasteiger partial charge in [-0.1, -0.05) is 108 Å². The van der Waals surface area contributed by atoms with Gasteiger partial charge in [0.05, 0.1) is 33.9 Å². The zero-order chi connectivity index (χ0) is 42.2. The minimum atomic E-state index is -4.34. The van der Waals surface area contributed by atoms with E-state index < -0.39 is 32.1 Å². The van der Waals surface area contributed by atoms with E-state index in [2.05, 4.69) is 25.0 Å². The van der Waals surface area contributed by atoms with Gasteiger partial charge < -0.3 is 4.74 Å². The molecule has 0 radical (unpaired) electrons. The van der Waals surface area contributed by atoms with Crippen molar-refractivity contribution < 1.29 is 26.4 Å². The zero-order valence-corrected chi connectivity index (χ0v) is 35.3. The number of fused-ring (bicyclic) bond motifs is 1. The second-order valence-corrected chi connectivity index (χ2v) is 18.9. The van der Waals surface area contributed by atoms with Gasteiger partial charge in [0.2, 0.25) is 21.3 Å². The number of carbonyl (C=O) groups excluding carboxylic acids is 1. The average Bonchev–Trinajstić information content (AvgIpc) is 3.82. The number of amides is 1. The number of aryl methyl sites for hydroxylation is 1. The van der Waals surface area contributed by atoms with Crippen molar-refractivity contribution in [2.75, 3.05) is 20.7 Å². The molecule has 0 saturated heterocycles. The van der Waals surface area contributed by atoms with Crippen molar-refractivity contribution >= 4 is 82.9 Å². The Morgan fingerprint density at radius 1 is 0.800 bits per heavy atom. The van der Waals surface area contributed by atoms with Crippen LogP contribution in [0.25, 0.3) is 16.5 Å². The summed E-state index contributed by atoms with van der Waals surface area (Å²) in [6.07, 6.45) is -0.247. The summed E-state index contributed by atoms with van der Waals surface area (Å²) in [6, 6.07) is 37.7. The van der Waals surface area contributed by atoms with Gasteiger partial charge in [0.25, 0.3) is 15.9 Å². The number of hydrogen-bond donors (Lipinski definition) is 2. The van der Waals surface area contributed by atoms with Crippen LogP contribution in [0.5, 0.6) is 5.75 Å². The summed E-state index contributed by atoms with van der Waals surface area (Å²) >= 11 is 7.68. The highest BCUT2D eigenvalue weighted by Gasteiger charge is 2.41. The standard InChI is InChI=1S/C42H35ClN8O6S3/c1-26-17-23-37(33(25-26)27(2)58-42-44-48-49-50(42)30-11-5-4-6-12-30)57-40-39(28-18-20-29(43)21-19-28)45-51(41(40)52)36-16-10-9-15-35(36)47-60(55,56)38-24-22-34(46-59(3,53)54)31-13-7-8-14-32(31)38/h4-25,27,40,46-47H,1-3H3. The summed E-state index contributed by atoms with van der Waals surface area (Å²) in [4.78, 5) is 14.6. The van der Waals surface area contributed by atoms with Crippen LogP contribution in [0.15, 0.2) is 149 Å². The van der Waals surface area contributed by atoms with E-state index in [-0.39, 0.29) is 38.3 Å². The number of nitrogens with zero attached hydrogens (tertiary/aromatic N) is 6. The number of para-hydroxylation sites is 3. The molecule has 304 valence electrons. The Hall–Kier alpha value is -6.27. The van der Waals surface area contributed by atoms with Crippen LogP contribution < -0.4 is 19.2 Å². The van der Waals surface area contributed by atoms with Crippen LogP contribution in [0.2, 0.25) is 5.02 Å². The predicted molar refractivity (Wildman–Crippen MR) is 234 cm³/mol. The van der Waals surface area contributed by atoms with E-state index in [4.69, 9.17) is 21.4 Å². The fraction of sp³-hybridized carbons (Fsp3) is 0.119. The molecule has 0 fully saturated rings. The number of hydrazone groups is 1. The van der Waals surface area contributed by atoms with Crippen molar-refractivity contribution in [3.05, 3.63) is 155 Å². The molecule has 60 heavy (non-hydrogen) atoms. The first-order valence-electron chi connectivity index (χ1n) is 18.3. The Balaban J connectivity index is 1.13. The number of thioether (sulfide) groups is 1. The number of halogens is 1. The molecule has 0 aliphatic carbocycles. The van der Waals surface area contributed by atoms with E-state index in [1.54, 1.807) is 77.5 Å². The lowest BCUT2D eigenvalue weighted by Gasteiger charge is -2.22. The molecule has 0 bridgehead atoms. The van der Waals surface area contributed by atoms with E-state index >= 15 is 0 Å². The van der Waals surface area contributed by atoms with Gasteiger partial charge in [-0.2, -0.15) is 14.8 Å². The molecule has 2 unspecified atom stereocenters. The third-order valence-corrected chi connectivity index (χ3v) is 12.8. The average molecular weight is 879 g/mol. The SMILES string of the molecule is Cc1ccc(OC2C(=O)N(c3ccccc3NS(=O)(=O)c3ccc(NS(C)(=O)=O)c4ccccc34)N=C2c2ccc(Cl)cc2)c(C(C)Sc2nnnn2-c2ccccc2)c1. The minimum absolute atomic E-state index is 0.0605. The highest BCUT2D eigenvalue weighted by atomic mass is 35.5. The molecule has 1 amide bonds. The molecule has 18 heteroatoms. The number of anilines is 3. The zero-order valence-electron chi connectivity index (χ0n) is 32.1. The highest BCUT2D eigenvalue weighted by Crippen LogP contribution is 2.41. The Labute approximate surface area is 355 Å². The molecular weight excluding hydrogens is 844 g/mol. The maximum atomic E-state index is 14.7. The fourth-order valence-corrected chi connectivity index (χ4v) is 9.65. The van der Waals surface area contributed by atoms with Crippen LogP contribution in [0.4, 0.5) is 17.1 Å². The van der Waals surface area contributed by atoms with Gasteiger partial charge in [-0.25, -0.2) is 16.8 Å². The molecule has 14 nitrogen and oxygen atoms in total. The van der Waals surface area contributed by atoms with E-state index in [9.17, 15) is 21.6 Å². The molecule has 1 aliphatic heterocycles. The second-order valence-electron chi connectivity index (χ2n) is 13.8. The summed E-state index contributed by atoms with van der Waals surface area (Å²) in [5, 5.41) is 19.7. The van der Waals surface area contributed by atoms with Crippen molar-refractivity contribution in [1.29, 1.82) is 0 Å². The van der Waals surface area contributed by atoms with Crippen molar-refractivity contribution in [3.8, 4) is 11.4 Å². The first-order chi connectivity index (χ1) is 28.8. The number of rotatable bonds is 13. The molecule has 0 spiro atoms. The smallest absolute Gasteiger partial charge is 0.294 e. The van der Waals surface area contributed by atoms with Gasteiger partial charge in [-0.05, 0) is 78.9 Å². The van der Waals surface area contributed by atoms with Crippen molar-refractivity contribution in [1.82, 2.24) is 20.2 Å². The van der Waals surface area contributed by atoms with Crippen molar-refractivity contribution in [3.63, 3.8) is 0 Å². The summed E-state index contributed by atoms with van der Waals surface area (Å²) in [5.74, 6) is -0.149. The number of hydrogen-bond acceptors (Lipinski definition) is 11. The number of ether oxygens (including phenoxy) is 1. The predicted octanol–water partition coefficient (Wildman–Crippen LogP) is 8.00. The maximum absolute atomic E-state index is 14.7. The van der Waals surface area contributed by atoms with Crippen molar-refractivity contribution in [2.45, 2.75) is 35.3 Å². The summed E-state index contributed by atoms with van der Waals surface area (Å²) in [6.45, 7) is 3.96. The Kier molecular flexibility index (Phi) is 11.1. The Morgan fingerprint density at radius 2 is 1.50 bits per heavy atom. The summed E-state index contributed by atoms with van der Waals surface area (Å²) in [7, 11) is -8.00. The van der Waals surface area contributed by atoms with Gasteiger partial charge >= 0.3 is 0 Å². The van der Waals surface area contributed by atoms with Gasteiger partial charge in [0.15, 0.2) is 0 Å². The molecule has 2 N–H and O–H groups in total. The lowest BCUT2D eigenvalue weighted by Crippen LogP contribution is -2.37. The minimum Gasteiger partial charge on any atom is -0.474 e. The number of aromatic nitrogens is 4. The molecule has 2 atom stereocenters. The fourth-order valence-electron chi connectivity index (χ4n) is 6.71. The van der Waals surface area contributed by atoms with E-state index in [1.807, 2.05) is 56.3 Å². The Morgan fingerprint density at radius 3 is 2.25 bits per heavy atom. The quantitative estimate of drug-likeness (QED) is 0.108. The monoisotopic (exact) mass is 878 g/mol. The Bertz CT molecular complexity index is 3020. The third kappa shape index (κ3) is 8.42.